The Labute approximate surface area is 210 Å². The van der Waals surface area contributed by atoms with Gasteiger partial charge in [0.2, 0.25) is 21.8 Å². The number of aryl methyl sites for hydroxylation is 2. The van der Waals surface area contributed by atoms with Crippen LogP contribution in [0.4, 0.5) is 11.4 Å². The Morgan fingerprint density at radius 1 is 0.917 bits per heavy atom. The van der Waals surface area contributed by atoms with Gasteiger partial charge in [0.05, 0.1) is 17.0 Å². The molecule has 1 aliphatic rings. The van der Waals surface area contributed by atoms with Crippen LogP contribution in [0.1, 0.15) is 30.0 Å². The lowest BCUT2D eigenvalue weighted by Crippen LogP contribution is -2.45. The molecule has 1 unspecified atom stereocenters. The molecule has 36 heavy (non-hydrogen) atoms. The summed E-state index contributed by atoms with van der Waals surface area (Å²) in [4.78, 5) is 38.8. The number of benzene rings is 3. The van der Waals surface area contributed by atoms with Gasteiger partial charge < -0.3 is 5.32 Å². The van der Waals surface area contributed by atoms with E-state index in [-0.39, 0.29) is 23.8 Å². The number of nitrogens with zero attached hydrogens (tertiary/aromatic N) is 2. The Bertz CT molecular complexity index is 1400. The first-order chi connectivity index (χ1) is 17.1. The molecule has 186 valence electrons. The number of hydrogen-bond donors (Lipinski definition) is 1. The van der Waals surface area contributed by atoms with Crippen LogP contribution >= 0.6 is 0 Å². The van der Waals surface area contributed by atoms with Crippen LogP contribution in [0, 0.1) is 13.8 Å². The van der Waals surface area contributed by atoms with Crippen molar-refractivity contribution in [2.45, 2.75) is 44.7 Å². The van der Waals surface area contributed by atoms with E-state index in [4.69, 9.17) is 0 Å². The summed E-state index contributed by atoms with van der Waals surface area (Å²) >= 11 is 0. The van der Waals surface area contributed by atoms with Gasteiger partial charge in [0.25, 0.3) is 5.91 Å². The smallest absolute Gasteiger partial charge is 0.252 e. The van der Waals surface area contributed by atoms with Gasteiger partial charge in [-0.15, -0.1) is 0 Å². The summed E-state index contributed by atoms with van der Waals surface area (Å²) < 4.78 is 28.7. The average Bonchev–Trinajstić information content (AvgIpc) is 3.12. The normalized spacial score (nSPS) is 16.0. The highest BCUT2D eigenvalue weighted by Crippen LogP contribution is 2.31. The van der Waals surface area contributed by atoms with Crippen molar-refractivity contribution in [1.82, 2.24) is 4.31 Å². The molecule has 1 saturated heterocycles. The molecule has 8 nitrogen and oxygen atoms in total. The minimum Gasteiger partial charge on any atom is -0.326 e. The largest absolute Gasteiger partial charge is 0.326 e. The molecule has 3 aromatic rings. The molecule has 1 atom stereocenters. The fourth-order valence-electron chi connectivity index (χ4n) is 4.09. The predicted molar refractivity (Wildman–Crippen MR) is 137 cm³/mol. The molecule has 0 spiro atoms. The monoisotopic (exact) mass is 505 g/mol. The van der Waals surface area contributed by atoms with Gasteiger partial charge in [0.15, 0.2) is 0 Å². The Kier molecular flexibility index (Phi) is 7.05. The van der Waals surface area contributed by atoms with E-state index in [9.17, 15) is 22.8 Å². The van der Waals surface area contributed by atoms with Crippen LogP contribution in [0.5, 0.6) is 0 Å². The number of anilines is 2. The molecule has 0 radical (unpaired) electrons. The third kappa shape index (κ3) is 5.22. The van der Waals surface area contributed by atoms with E-state index in [1.54, 1.807) is 36.4 Å². The fraction of sp³-hybridized carbons (Fsp3) is 0.222. The number of carbonyl (C=O) groups is 3. The lowest BCUT2D eigenvalue weighted by Gasteiger charge is -2.27. The number of nitrogens with one attached hydrogen (secondary N) is 1. The predicted octanol–water partition coefficient (Wildman–Crippen LogP) is 3.78. The fourth-order valence-corrected chi connectivity index (χ4v) is 5.66. The molecule has 1 aliphatic heterocycles. The highest BCUT2D eigenvalue weighted by Gasteiger charge is 2.47. The second kappa shape index (κ2) is 10.0. The molecular weight excluding hydrogens is 478 g/mol. The second-order valence-corrected chi connectivity index (χ2v) is 10.8. The molecule has 3 amide bonds. The number of carbonyl (C=O) groups excluding carboxylic acids is 3. The first-order valence-electron chi connectivity index (χ1n) is 11.4. The third-order valence-electron chi connectivity index (χ3n) is 6.00. The van der Waals surface area contributed by atoms with Crippen molar-refractivity contribution in [1.29, 1.82) is 0 Å². The van der Waals surface area contributed by atoms with Crippen molar-refractivity contribution in [3.8, 4) is 0 Å². The zero-order valence-electron chi connectivity index (χ0n) is 20.3. The first-order valence-corrected chi connectivity index (χ1v) is 12.9. The van der Waals surface area contributed by atoms with Gasteiger partial charge in [-0.3, -0.25) is 14.4 Å². The summed E-state index contributed by atoms with van der Waals surface area (Å²) in [5, 5.41) is 2.60. The highest BCUT2D eigenvalue weighted by molar-refractivity contribution is 7.89. The van der Waals surface area contributed by atoms with Gasteiger partial charge in [0, 0.05) is 19.2 Å². The molecule has 0 bridgehead atoms. The Balaban J connectivity index is 1.72. The summed E-state index contributed by atoms with van der Waals surface area (Å²) in [5.41, 5.74) is 3.53. The zero-order chi connectivity index (χ0) is 26.0. The highest BCUT2D eigenvalue weighted by atomic mass is 32.2. The molecule has 0 saturated carbocycles. The van der Waals surface area contributed by atoms with Gasteiger partial charge >= 0.3 is 0 Å². The number of amides is 3. The minimum absolute atomic E-state index is 0.0438. The van der Waals surface area contributed by atoms with Gasteiger partial charge in [-0.25, -0.2) is 13.3 Å². The van der Waals surface area contributed by atoms with Crippen LogP contribution < -0.4 is 10.2 Å². The molecule has 3 aromatic carbocycles. The van der Waals surface area contributed by atoms with Gasteiger partial charge in [-0.2, -0.15) is 4.31 Å². The van der Waals surface area contributed by atoms with Crippen LogP contribution in [0.3, 0.4) is 0 Å². The van der Waals surface area contributed by atoms with Crippen LogP contribution in [0.2, 0.25) is 0 Å². The maximum absolute atomic E-state index is 13.8. The SMILES string of the molecule is CC(=O)Nc1ccc(S(=O)(=O)N(Cc2ccc(C)cc2)C2CC(=O)N(c3ccc(C)cc3)C2=O)cc1. The molecule has 4 rings (SSSR count). The van der Waals surface area contributed by atoms with E-state index in [2.05, 4.69) is 5.32 Å². The van der Waals surface area contributed by atoms with E-state index in [1.165, 1.54) is 31.2 Å². The molecule has 1 fully saturated rings. The lowest BCUT2D eigenvalue weighted by molar-refractivity contribution is -0.122. The molecular formula is C27H27N3O5S. The maximum atomic E-state index is 13.8. The van der Waals surface area contributed by atoms with Gasteiger partial charge in [-0.1, -0.05) is 47.5 Å². The second-order valence-electron chi connectivity index (χ2n) is 8.86. The minimum atomic E-state index is -4.19. The van der Waals surface area contributed by atoms with Crippen molar-refractivity contribution >= 4 is 39.1 Å². The third-order valence-corrected chi connectivity index (χ3v) is 7.87. The van der Waals surface area contributed by atoms with Crippen LogP contribution in [0.15, 0.2) is 77.7 Å². The summed E-state index contributed by atoms with van der Waals surface area (Å²) in [6.45, 7) is 5.10. The molecule has 0 aromatic heterocycles. The van der Waals surface area contributed by atoms with E-state index < -0.39 is 27.9 Å². The van der Waals surface area contributed by atoms with E-state index >= 15 is 0 Å². The molecule has 1 heterocycles. The first kappa shape index (κ1) is 25.3. The van der Waals surface area contributed by atoms with Crippen LogP contribution in [-0.2, 0) is 31.0 Å². The number of imide groups is 1. The van der Waals surface area contributed by atoms with Crippen molar-refractivity contribution in [2.75, 3.05) is 10.2 Å². The zero-order valence-corrected chi connectivity index (χ0v) is 21.1. The summed E-state index contributed by atoms with van der Waals surface area (Å²) in [6, 6.07) is 18.8. The summed E-state index contributed by atoms with van der Waals surface area (Å²) in [7, 11) is -4.19. The molecule has 9 heteroatoms. The lowest BCUT2D eigenvalue weighted by atomic mass is 10.1. The van der Waals surface area contributed by atoms with Crippen LogP contribution in [-0.4, -0.2) is 36.5 Å². The van der Waals surface area contributed by atoms with E-state index in [0.717, 1.165) is 20.3 Å². The average molecular weight is 506 g/mol. The Morgan fingerprint density at radius 3 is 2.03 bits per heavy atom. The topological polar surface area (TPSA) is 104 Å². The quantitative estimate of drug-likeness (QED) is 0.492. The van der Waals surface area contributed by atoms with E-state index in [1.807, 2.05) is 26.0 Å². The molecule has 1 N–H and O–H groups in total. The van der Waals surface area contributed by atoms with Crippen molar-refractivity contribution in [2.24, 2.45) is 0 Å². The maximum Gasteiger partial charge on any atom is 0.252 e. The van der Waals surface area contributed by atoms with Crippen molar-refractivity contribution in [3.63, 3.8) is 0 Å². The number of rotatable bonds is 7. The standard InChI is InChI=1S/C27H27N3O5S/c1-18-4-8-21(9-5-18)17-29(36(34,35)24-14-10-22(11-15-24)28-20(3)31)25-16-26(32)30(27(25)33)23-12-6-19(2)7-13-23/h4-15,25H,16-17H2,1-3H3,(H,28,31). The Hall–Kier alpha value is -3.82. The molecule has 0 aliphatic carbocycles. The van der Waals surface area contributed by atoms with Gasteiger partial charge in [-0.05, 0) is 55.8 Å². The van der Waals surface area contributed by atoms with Crippen molar-refractivity contribution in [3.05, 3.63) is 89.5 Å². The van der Waals surface area contributed by atoms with E-state index in [0.29, 0.717) is 16.9 Å². The Morgan fingerprint density at radius 2 is 1.47 bits per heavy atom. The van der Waals surface area contributed by atoms with Crippen molar-refractivity contribution < 1.29 is 22.8 Å². The summed E-state index contributed by atoms with van der Waals surface area (Å²) in [5.74, 6) is -1.33. The number of sulfonamides is 1. The summed E-state index contributed by atoms with van der Waals surface area (Å²) in [6.07, 6.45) is -0.262. The number of hydrogen-bond acceptors (Lipinski definition) is 5. The van der Waals surface area contributed by atoms with Crippen LogP contribution in [0.25, 0.3) is 0 Å². The van der Waals surface area contributed by atoms with Gasteiger partial charge in [0.1, 0.15) is 6.04 Å².